The maximum Gasteiger partial charge on any atom is 0.105 e. The van der Waals surface area contributed by atoms with Crippen molar-refractivity contribution in [3.8, 4) is 0 Å². The maximum absolute atomic E-state index is 11.3. The van der Waals surface area contributed by atoms with Gasteiger partial charge in [0.25, 0.3) is 0 Å². The zero-order chi connectivity index (χ0) is 19.3. The first kappa shape index (κ1) is 17.0. The minimum atomic E-state index is -0.654. The van der Waals surface area contributed by atoms with E-state index < -0.39 is 6.10 Å². The van der Waals surface area contributed by atoms with Crippen LogP contribution in [0.25, 0.3) is 32.6 Å². The molecule has 1 heterocycles. The average Bonchev–Trinajstić information content (AvgIpc) is 3.07. The summed E-state index contributed by atoms with van der Waals surface area (Å²) in [4.78, 5) is 0. The van der Waals surface area contributed by atoms with E-state index >= 15 is 0 Å². The van der Waals surface area contributed by atoms with Crippen molar-refractivity contribution < 1.29 is 5.11 Å². The molecule has 0 radical (unpaired) electrons. The van der Waals surface area contributed by atoms with Gasteiger partial charge in [0.2, 0.25) is 0 Å². The van der Waals surface area contributed by atoms with E-state index in [2.05, 4.69) is 91.2 Å². The van der Waals surface area contributed by atoms with Crippen LogP contribution < -0.4 is 0 Å². The molecule has 0 spiro atoms. The molecule has 2 heteroatoms. The molecule has 0 amide bonds. The van der Waals surface area contributed by atoms with E-state index in [-0.39, 0.29) is 0 Å². The van der Waals surface area contributed by atoms with E-state index in [1.807, 2.05) is 6.07 Å². The normalized spacial score (nSPS) is 12.8. The highest BCUT2D eigenvalue weighted by Gasteiger charge is 2.17. The van der Waals surface area contributed by atoms with E-state index in [4.69, 9.17) is 0 Å². The van der Waals surface area contributed by atoms with Gasteiger partial charge >= 0.3 is 0 Å². The predicted molar refractivity (Wildman–Crippen MR) is 118 cm³/mol. The van der Waals surface area contributed by atoms with Crippen LogP contribution in [0.3, 0.4) is 0 Å². The molecule has 0 bridgehead atoms. The van der Waals surface area contributed by atoms with Gasteiger partial charge in [-0.1, -0.05) is 60.7 Å². The molecule has 1 N–H and O–H groups in total. The highest BCUT2D eigenvalue weighted by Crippen LogP contribution is 2.35. The van der Waals surface area contributed by atoms with Gasteiger partial charge in [0, 0.05) is 28.4 Å². The second-order valence-corrected chi connectivity index (χ2v) is 7.46. The number of fused-ring (bicyclic) bond motifs is 4. The predicted octanol–water partition coefficient (Wildman–Crippen LogP) is 6.36. The second kappa shape index (κ2) is 6.50. The topological polar surface area (TPSA) is 25.2 Å². The molecule has 28 heavy (non-hydrogen) atoms. The number of nitrogens with zero attached hydrogens (tertiary/aromatic N) is 1. The van der Waals surface area contributed by atoms with Crippen molar-refractivity contribution in [1.29, 1.82) is 0 Å². The van der Waals surface area contributed by atoms with Gasteiger partial charge in [0.1, 0.15) is 6.10 Å². The molecule has 0 aliphatic carbocycles. The number of para-hydroxylation sites is 1. The Morgan fingerprint density at radius 1 is 0.750 bits per heavy atom. The van der Waals surface area contributed by atoms with Crippen LogP contribution in [0.4, 0.5) is 0 Å². The summed E-state index contributed by atoms with van der Waals surface area (Å²) in [6.45, 7) is 5.21. The first-order valence-electron chi connectivity index (χ1n) is 9.86. The molecule has 0 unspecified atom stereocenters. The van der Waals surface area contributed by atoms with Crippen molar-refractivity contribution in [1.82, 2.24) is 4.57 Å². The summed E-state index contributed by atoms with van der Waals surface area (Å²) in [6.07, 6.45) is -0.654. The van der Waals surface area contributed by atoms with E-state index in [9.17, 15) is 5.11 Å². The first-order valence-corrected chi connectivity index (χ1v) is 9.86. The molecule has 5 rings (SSSR count). The Hall–Kier alpha value is -3.10. The SMILES string of the molecule is CCn1c2ccccc2c2cc([C@H](O)c3ccc(C)c4ccccc34)ccc21. The molecule has 5 aromatic rings. The average molecular weight is 365 g/mol. The second-order valence-electron chi connectivity index (χ2n) is 7.46. The summed E-state index contributed by atoms with van der Waals surface area (Å²) < 4.78 is 2.34. The van der Waals surface area contributed by atoms with Gasteiger partial charge in [-0.2, -0.15) is 0 Å². The molecule has 4 aromatic carbocycles. The lowest BCUT2D eigenvalue weighted by atomic mass is 9.93. The fourth-order valence-corrected chi connectivity index (χ4v) is 4.47. The molecule has 0 aliphatic rings. The first-order chi connectivity index (χ1) is 13.7. The molecule has 2 nitrogen and oxygen atoms in total. The summed E-state index contributed by atoms with van der Waals surface area (Å²) in [5.74, 6) is 0. The lowest BCUT2D eigenvalue weighted by Crippen LogP contribution is -2.01. The van der Waals surface area contributed by atoms with Gasteiger partial charge < -0.3 is 9.67 Å². The minimum Gasteiger partial charge on any atom is -0.384 e. The fraction of sp³-hybridized carbons (Fsp3) is 0.154. The van der Waals surface area contributed by atoms with Crippen molar-refractivity contribution in [3.05, 3.63) is 95.6 Å². The third-order valence-corrected chi connectivity index (χ3v) is 5.90. The highest BCUT2D eigenvalue weighted by atomic mass is 16.3. The van der Waals surface area contributed by atoms with Gasteiger partial charge in [-0.25, -0.2) is 0 Å². The molecule has 1 atom stereocenters. The van der Waals surface area contributed by atoms with E-state index in [1.165, 1.54) is 32.8 Å². The Balaban J connectivity index is 1.72. The van der Waals surface area contributed by atoms with Crippen molar-refractivity contribution in [2.45, 2.75) is 26.5 Å². The van der Waals surface area contributed by atoms with Crippen LogP contribution in [0.15, 0.2) is 78.9 Å². The Bertz CT molecular complexity index is 1330. The van der Waals surface area contributed by atoms with Crippen molar-refractivity contribution in [3.63, 3.8) is 0 Å². The Labute approximate surface area is 164 Å². The summed E-state index contributed by atoms with van der Waals surface area (Å²) in [7, 11) is 0. The fourth-order valence-electron chi connectivity index (χ4n) is 4.47. The number of aliphatic hydroxyl groups is 1. The quantitative estimate of drug-likeness (QED) is 0.395. The standard InChI is InChI=1S/C26H23NO/c1-3-27-24-11-7-6-10-21(24)23-16-18(13-15-25(23)27)26(28)22-14-12-17(2)19-8-4-5-9-20(19)22/h4-16,26,28H,3H2,1-2H3/t26-/m0/s1. The van der Waals surface area contributed by atoms with E-state index in [0.717, 1.165) is 23.1 Å². The Kier molecular flexibility index (Phi) is 3.96. The monoisotopic (exact) mass is 365 g/mol. The van der Waals surface area contributed by atoms with Crippen LogP contribution in [0.1, 0.15) is 29.7 Å². The van der Waals surface area contributed by atoms with Gasteiger partial charge in [0.15, 0.2) is 0 Å². The molecule has 0 fully saturated rings. The van der Waals surface area contributed by atoms with E-state index in [0.29, 0.717) is 0 Å². The Morgan fingerprint density at radius 2 is 1.43 bits per heavy atom. The van der Waals surface area contributed by atoms with E-state index in [1.54, 1.807) is 0 Å². The van der Waals surface area contributed by atoms with Gasteiger partial charge in [-0.3, -0.25) is 0 Å². The number of hydrogen-bond donors (Lipinski definition) is 1. The lowest BCUT2D eigenvalue weighted by Gasteiger charge is -2.16. The summed E-state index contributed by atoms with van der Waals surface area (Å²) in [5, 5.41) is 16.0. The smallest absolute Gasteiger partial charge is 0.105 e. The van der Waals surface area contributed by atoms with Crippen LogP contribution in [0.5, 0.6) is 0 Å². The zero-order valence-corrected chi connectivity index (χ0v) is 16.2. The van der Waals surface area contributed by atoms with Crippen molar-refractivity contribution in [2.24, 2.45) is 0 Å². The van der Waals surface area contributed by atoms with Crippen molar-refractivity contribution >= 4 is 32.6 Å². The number of aliphatic hydroxyl groups excluding tert-OH is 1. The molecule has 0 saturated carbocycles. The third kappa shape index (κ3) is 2.45. The molecular formula is C26H23NO. The number of aryl methyl sites for hydroxylation is 2. The maximum atomic E-state index is 11.3. The van der Waals surface area contributed by atoms with Crippen LogP contribution in [-0.2, 0) is 6.54 Å². The lowest BCUT2D eigenvalue weighted by molar-refractivity contribution is 0.222. The van der Waals surface area contributed by atoms with Crippen LogP contribution in [-0.4, -0.2) is 9.67 Å². The molecule has 1 aromatic heterocycles. The minimum absolute atomic E-state index is 0.654. The third-order valence-electron chi connectivity index (χ3n) is 5.90. The van der Waals surface area contributed by atoms with Crippen LogP contribution in [0, 0.1) is 6.92 Å². The van der Waals surface area contributed by atoms with Crippen molar-refractivity contribution in [2.75, 3.05) is 0 Å². The number of aromatic nitrogens is 1. The molecule has 0 saturated heterocycles. The van der Waals surface area contributed by atoms with Crippen LogP contribution in [0.2, 0.25) is 0 Å². The molecule has 0 aliphatic heterocycles. The van der Waals surface area contributed by atoms with Gasteiger partial charge in [-0.15, -0.1) is 0 Å². The van der Waals surface area contributed by atoms with Crippen LogP contribution >= 0.6 is 0 Å². The molecule has 138 valence electrons. The zero-order valence-electron chi connectivity index (χ0n) is 16.2. The van der Waals surface area contributed by atoms with Gasteiger partial charge in [0.05, 0.1) is 0 Å². The summed E-state index contributed by atoms with van der Waals surface area (Å²) in [6, 6.07) is 27.3. The summed E-state index contributed by atoms with van der Waals surface area (Å²) >= 11 is 0. The Morgan fingerprint density at radius 3 is 2.21 bits per heavy atom. The number of rotatable bonds is 3. The highest BCUT2D eigenvalue weighted by molar-refractivity contribution is 6.08. The largest absolute Gasteiger partial charge is 0.384 e. The number of benzene rings is 4. The molecular weight excluding hydrogens is 342 g/mol. The number of hydrogen-bond acceptors (Lipinski definition) is 1. The summed E-state index contributed by atoms with van der Waals surface area (Å²) in [5.41, 5.74) is 5.58. The van der Waals surface area contributed by atoms with Gasteiger partial charge in [-0.05, 0) is 59.5 Å².